The van der Waals surface area contributed by atoms with E-state index in [0.717, 1.165) is 18.7 Å². The summed E-state index contributed by atoms with van der Waals surface area (Å²) >= 11 is 0. The number of hydrogen-bond acceptors (Lipinski definition) is 1. The lowest BCUT2D eigenvalue weighted by Gasteiger charge is -1.85. The highest BCUT2D eigenvalue weighted by Gasteiger charge is 1.93. The first kappa shape index (κ1) is 13.9. The lowest BCUT2D eigenvalue weighted by atomic mass is 10.3. The zero-order chi connectivity index (χ0) is 8.69. The van der Waals surface area contributed by atoms with Gasteiger partial charge >= 0.3 is 0 Å². The van der Waals surface area contributed by atoms with Crippen molar-refractivity contribution in [3.63, 3.8) is 0 Å². The van der Waals surface area contributed by atoms with Crippen molar-refractivity contribution in [1.82, 2.24) is 0 Å². The quantitative estimate of drug-likeness (QED) is 0.676. The van der Waals surface area contributed by atoms with E-state index >= 15 is 0 Å². The summed E-state index contributed by atoms with van der Waals surface area (Å²) in [6.45, 7) is 2.65. The standard InChI is InChI=1S/C6H4F2.C2H7N.ClH/c7-5-3-1-2-4-6(5)8;1-2-3;/h1-4H;2-3H2,1H3;1H. The van der Waals surface area contributed by atoms with Gasteiger partial charge in [0, 0.05) is 0 Å². The predicted octanol–water partition coefficient (Wildman–Crippen LogP) is 2.35. The van der Waals surface area contributed by atoms with E-state index in [4.69, 9.17) is 5.73 Å². The predicted molar refractivity (Wildman–Crippen MR) is 48.3 cm³/mol. The van der Waals surface area contributed by atoms with E-state index in [2.05, 4.69) is 0 Å². The highest BCUT2D eigenvalue weighted by atomic mass is 35.5. The number of halogens is 3. The molecule has 0 saturated carbocycles. The third-order valence-electron chi connectivity index (χ3n) is 0.824. The van der Waals surface area contributed by atoms with Crippen LogP contribution in [-0.2, 0) is 0 Å². The van der Waals surface area contributed by atoms with Crippen molar-refractivity contribution in [2.45, 2.75) is 6.92 Å². The minimum atomic E-state index is -0.799. The fourth-order valence-corrected chi connectivity index (χ4v) is 0.439. The lowest BCUT2D eigenvalue weighted by molar-refractivity contribution is 0.508. The van der Waals surface area contributed by atoms with Gasteiger partial charge in [0.25, 0.3) is 0 Å². The molecule has 0 bridgehead atoms. The Morgan fingerprint density at radius 3 is 1.58 bits per heavy atom. The Morgan fingerprint density at radius 1 is 1.17 bits per heavy atom. The highest BCUT2D eigenvalue weighted by molar-refractivity contribution is 5.85. The Balaban J connectivity index is 0. The van der Waals surface area contributed by atoms with Crippen molar-refractivity contribution in [2.75, 3.05) is 6.54 Å². The molecule has 1 rings (SSSR count). The van der Waals surface area contributed by atoms with Crippen LogP contribution in [0.5, 0.6) is 0 Å². The first-order chi connectivity index (χ1) is 5.22. The van der Waals surface area contributed by atoms with Gasteiger partial charge in [-0.1, -0.05) is 19.1 Å². The fraction of sp³-hybridized carbons (Fsp3) is 0.250. The molecule has 0 aliphatic carbocycles. The van der Waals surface area contributed by atoms with Crippen LogP contribution < -0.4 is 5.73 Å². The molecule has 0 unspecified atom stereocenters. The van der Waals surface area contributed by atoms with Crippen LogP contribution in [0, 0.1) is 11.6 Å². The van der Waals surface area contributed by atoms with Crippen LogP contribution >= 0.6 is 12.4 Å². The molecule has 0 saturated heterocycles. The van der Waals surface area contributed by atoms with E-state index in [-0.39, 0.29) is 12.4 Å². The smallest absolute Gasteiger partial charge is 0.158 e. The molecule has 1 nitrogen and oxygen atoms in total. The molecule has 0 radical (unpaired) electrons. The van der Waals surface area contributed by atoms with Crippen molar-refractivity contribution in [3.05, 3.63) is 35.9 Å². The van der Waals surface area contributed by atoms with Gasteiger partial charge in [0.1, 0.15) is 0 Å². The molecule has 0 spiro atoms. The molecular weight excluding hydrogens is 184 g/mol. The van der Waals surface area contributed by atoms with Crippen LogP contribution in [0.25, 0.3) is 0 Å². The van der Waals surface area contributed by atoms with Crippen molar-refractivity contribution in [2.24, 2.45) is 5.73 Å². The van der Waals surface area contributed by atoms with Crippen LogP contribution in [0.3, 0.4) is 0 Å². The van der Waals surface area contributed by atoms with Gasteiger partial charge in [0.15, 0.2) is 11.6 Å². The van der Waals surface area contributed by atoms with Gasteiger partial charge < -0.3 is 5.73 Å². The van der Waals surface area contributed by atoms with Gasteiger partial charge in [-0.15, -0.1) is 12.4 Å². The second kappa shape index (κ2) is 8.43. The van der Waals surface area contributed by atoms with E-state index < -0.39 is 11.6 Å². The second-order valence-electron chi connectivity index (χ2n) is 1.82. The summed E-state index contributed by atoms with van der Waals surface area (Å²) < 4.78 is 23.9. The normalized spacial score (nSPS) is 7.67. The van der Waals surface area contributed by atoms with Crippen molar-refractivity contribution in [1.29, 1.82) is 0 Å². The van der Waals surface area contributed by atoms with Gasteiger partial charge in [0.2, 0.25) is 0 Å². The molecule has 0 atom stereocenters. The second-order valence-corrected chi connectivity index (χ2v) is 1.82. The Bertz CT molecular complexity index is 185. The Kier molecular flexibility index (Phi) is 9.75. The molecular formula is C8H12ClF2N. The topological polar surface area (TPSA) is 26.0 Å². The largest absolute Gasteiger partial charge is 0.331 e. The monoisotopic (exact) mass is 195 g/mol. The van der Waals surface area contributed by atoms with E-state index in [9.17, 15) is 8.78 Å². The first-order valence-corrected chi connectivity index (χ1v) is 3.32. The van der Waals surface area contributed by atoms with E-state index in [1.54, 1.807) is 0 Å². The average Bonchev–Trinajstić information content (AvgIpc) is 1.97. The number of nitrogens with two attached hydrogens (primary N) is 1. The molecule has 2 N–H and O–H groups in total. The van der Waals surface area contributed by atoms with E-state index in [0.29, 0.717) is 0 Å². The maximum atomic E-state index is 11.9. The summed E-state index contributed by atoms with van der Waals surface area (Å²) in [6, 6.07) is 5.04. The van der Waals surface area contributed by atoms with Crippen molar-refractivity contribution in [3.8, 4) is 0 Å². The molecule has 1 aromatic rings. The van der Waals surface area contributed by atoms with Gasteiger partial charge in [-0.25, -0.2) is 8.78 Å². The van der Waals surface area contributed by atoms with Crippen LogP contribution in [0.2, 0.25) is 0 Å². The average molecular weight is 196 g/mol. The molecule has 1 aromatic carbocycles. The summed E-state index contributed by atoms with van der Waals surface area (Å²) in [4.78, 5) is 0. The maximum absolute atomic E-state index is 11.9. The minimum Gasteiger partial charge on any atom is -0.331 e. The van der Waals surface area contributed by atoms with Crippen molar-refractivity contribution < 1.29 is 8.78 Å². The Labute approximate surface area is 77.0 Å². The number of benzene rings is 1. The third kappa shape index (κ3) is 6.07. The molecule has 0 amide bonds. The summed E-state index contributed by atoms with van der Waals surface area (Å²) in [6.07, 6.45) is 0. The summed E-state index contributed by atoms with van der Waals surface area (Å²) in [5.41, 5.74) is 4.85. The van der Waals surface area contributed by atoms with Gasteiger partial charge in [0.05, 0.1) is 0 Å². The summed E-state index contributed by atoms with van der Waals surface area (Å²) in [5, 5.41) is 0. The molecule has 0 fully saturated rings. The Hall–Kier alpha value is -0.670. The minimum absolute atomic E-state index is 0. The Morgan fingerprint density at radius 2 is 1.42 bits per heavy atom. The van der Waals surface area contributed by atoms with Crippen LogP contribution in [0.1, 0.15) is 6.92 Å². The van der Waals surface area contributed by atoms with Gasteiger partial charge in [-0.2, -0.15) is 0 Å². The zero-order valence-electron chi connectivity index (χ0n) is 6.76. The van der Waals surface area contributed by atoms with Gasteiger partial charge in [-0.3, -0.25) is 0 Å². The highest BCUT2D eigenvalue weighted by Crippen LogP contribution is 2.01. The third-order valence-corrected chi connectivity index (χ3v) is 0.824. The molecule has 0 aliphatic rings. The molecule has 0 heterocycles. The van der Waals surface area contributed by atoms with Gasteiger partial charge in [-0.05, 0) is 18.7 Å². The maximum Gasteiger partial charge on any atom is 0.158 e. The van der Waals surface area contributed by atoms with Crippen molar-refractivity contribution >= 4 is 12.4 Å². The molecule has 0 aromatic heterocycles. The van der Waals surface area contributed by atoms with E-state index in [1.807, 2.05) is 6.92 Å². The fourth-order valence-electron chi connectivity index (χ4n) is 0.439. The first-order valence-electron chi connectivity index (χ1n) is 3.32. The number of rotatable bonds is 0. The molecule has 4 heteroatoms. The van der Waals surface area contributed by atoms with Crippen LogP contribution in [-0.4, -0.2) is 6.54 Å². The number of hydrogen-bond donors (Lipinski definition) is 1. The summed E-state index contributed by atoms with van der Waals surface area (Å²) in [5.74, 6) is -1.60. The lowest BCUT2D eigenvalue weighted by Crippen LogP contribution is -1.87. The van der Waals surface area contributed by atoms with Crippen LogP contribution in [0.15, 0.2) is 24.3 Å². The molecule has 0 aliphatic heterocycles. The van der Waals surface area contributed by atoms with E-state index in [1.165, 1.54) is 12.1 Å². The zero-order valence-corrected chi connectivity index (χ0v) is 7.57. The SMILES string of the molecule is CCN.Cl.Fc1ccccc1F. The summed E-state index contributed by atoms with van der Waals surface area (Å²) in [7, 11) is 0. The van der Waals surface area contributed by atoms with Crippen LogP contribution in [0.4, 0.5) is 8.78 Å². The molecule has 70 valence electrons. The molecule has 12 heavy (non-hydrogen) atoms.